The fourth-order valence-corrected chi connectivity index (χ4v) is 2.92. The summed E-state index contributed by atoms with van der Waals surface area (Å²) in [6.07, 6.45) is 3.60. The van der Waals surface area contributed by atoms with Gasteiger partial charge in [-0.15, -0.1) is 0 Å². The van der Waals surface area contributed by atoms with Crippen LogP contribution in [-0.2, 0) is 21.8 Å². The number of nitrogens with one attached hydrogen (secondary N) is 1. The molecular formula is C17H21N3O3. The van der Waals surface area contributed by atoms with Crippen molar-refractivity contribution in [2.75, 3.05) is 18.5 Å². The highest BCUT2D eigenvalue weighted by atomic mass is 16.7. The molecule has 0 bridgehead atoms. The van der Waals surface area contributed by atoms with E-state index in [4.69, 9.17) is 14.0 Å². The molecule has 1 aromatic heterocycles. The topological polar surface area (TPSA) is 69.4 Å². The Morgan fingerprint density at radius 3 is 2.57 bits per heavy atom. The van der Waals surface area contributed by atoms with Gasteiger partial charge < -0.3 is 19.3 Å². The molecule has 1 saturated heterocycles. The molecular weight excluding hydrogens is 294 g/mol. The van der Waals surface area contributed by atoms with E-state index in [1.54, 1.807) is 0 Å². The molecule has 6 heteroatoms. The first-order valence-electron chi connectivity index (χ1n) is 8.18. The van der Waals surface area contributed by atoms with Crippen LogP contribution >= 0.6 is 0 Å². The number of aromatic nitrogens is 2. The van der Waals surface area contributed by atoms with Crippen molar-refractivity contribution in [3.8, 4) is 0 Å². The predicted octanol–water partition coefficient (Wildman–Crippen LogP) is 3.17. The van der Waals surface area contributed by atoms with Crippen LogP contribution in [0.2, 0.25) is 0 Å². The first-order valence-corrected chi connectivity index (χ1v) is 8.18. The molecule has 1 aromatic carbocycles. The summed E-state index contributed by atoms with van der Waals surface area (Å²) in [5.74, 6) is 0.703. The number of anilines is 1. The Hall–Kier alpha value is -1.92. The summed E-state index contributed by atoms with van der Waals surface area (Å²) >= 11 is 0. The standard InChI is InChI=1S/C17H21N3O3/c1-17(21-9-10-22-17)14-7-5-12(6-8-14)11-18-16-19-15(20-23-16)13-3-2-4-13/h5-8,13H,2-4,9-11H2,1H3,(H,18,19,20). The second-order valence-corrected chi connectivity index (χ2v) is 6.28. The average molecular weight is 315 g/mol. The third-order valence-electron chi connectivity index (χ3n) is 4.67. The van der Waals surface area contributed by atoms with E-state index in [0.717, 1.165) is 17.0 Å². The molecule has 6 nitrogen and oxygen atoms in total. The highest BCUT2D eigenvalue weighted by Gasteiger charge is 2.32. The molecule has 122 valence electrons. The van der Waals surface area contributed by atoms with Crippen LogP contribution in [0.3, 0.4) is 0 Å². The number of rotatable bonds is 5. The zero-order valence-corrected chi connectivity index (χ0v) is 13.2. The van der Waals surface area contributed by atoms with Crippen LogP contribution in [0.15, 0.2) is 28.8 Å². The Kier molecular flexibility index (Phi) is 3.79. The monoisotopic (exact) mass is 315 g/mol. The molecule has 0 radical (unpaired) electrons. The molecule has 2 fully saturated rings. The zero-order valence-electron chi connectivity index (χ0n) is 13.2. The van der Waals surface area contributed by atoms with E-state index in [1.165, 1.54) is 19.3 Å². The third kappa shape index (κ3) is 2.96. The molecule has 4 rings (SSSR count). The van der Waals surface area contributed by atoms with Gasteiger partial charge >= 0.3 is 6.01 Å². The van der Waals surface area contributed by atoms with Gasteiger partial charge in [-0.25, -0.2) is 0 Å². The van der Waals surface area contributed by atoms with Crippen LogP contribution in [0.1, 0.15) is 49.1 Å². The van der Waals surface area contributed by atoms with Crippen LogP contribution in [0, 0.1) is 0 Å². The van der Waals surface area contributed by atoms with Gasteiger partial charge in [-0.3, -0.25) is 0 Å². The fourth-order valence-electron chi connectivity index (χ4n) is 2.92. The third-order valence-corrected chi connectivity index (χ3v) is 4.67. The zero-order chi connectivity index (χ0) is 15.7. The molecule has 0 spiro atoms. The van der Waals surface area contributed by atoms with E-state index >= 15 is 0 Å². The van der Waals surface area contributed by atoms with Crippen LogP contribution in [0.4, 0.5) is 6.01 Å². The van der Waals surface area contributed by atoms with Crippen molar-refractivity contribution >= 4 is 6.01 Å². The normalized spacial score (nSPS) is 20.4. The van der Waals surface area contributed by atoms with Gasteiger partial charge in [0.25, 0.3) is 0 Å². The van der Waals surface area contributed by atoms with Crippen molar-refractivity contribution in [2.45, 2.75) is 44.4 Å². The van der Waals surface area contributed by atoms with E-state index in [1.807, 2.05) is 19.1 Å². The first-order chi connectivity index (χ1) is 11.2. The molecule has 1 saturated carbocycles. The molecule has 2 heterocycles. The maximum Gasteiger partial charge on any atom is 0.321 e. The van der Waals surface area contributed by atoms with Gasteiger partial charge in [0.1, 0.15) is 0 Å². The fraction of sp³-hybridized carbons (Fsp3) is 0.529. The van der Waals surface area contributed by atoms with Gasteiger partial charge in [0.2, 0.25) is 0 Å². The Balaban J connectivity index is 1.36. The minimum atomic E-state index is -0.615. The molecule has 2 aromatic rings. The van der Waals surface area contributed by atoms with E-state index in [9.17, 15) is 0 Å². The Morgan fingerprint density at radius 1 is 1.17 bits per heavy atom. The predicted molar refractivity (Wildman–Crippen MR) is 83.9 cm³/mol. The second kappa shape index (κ2) is 5.94. The molecule has 1 N–H and O–H groups in total. The van der Waals surface area contributed by atoms with Crippen LogP contribution < -0.4 is 5.32 Å². The summed E-state index contributed by atoms with van der Waals surface area (Å²) in [6, 6.07) is 8.68. The Labute approximate surface area is 135 Å². The Bertz CT molecular complexity index is 658. The average Bonchev–Trinajstić information content (AvgIpc) is 3.14. The SMILES string of the molecule is CC1(c2ccc(CNc3nc(C4CCC4)no3)cc2)OCCO1. The lowest BCUT2D eigenvalue weighted by atomic mass is 9.85. The van der Waals surface area contributed by atoms with Crippen molar-refractivity contribution in [2.24, 2.45) is 0 Å². The second-order valence-electron chi connectivity index (χ2n) is 6.28. The molecule has 2 aliphatic rings. The molecule has 23 heavy (non-hydrogen) atoms. The molecule has 0 amide bonds. The van der Waals surface area contributed by atoms with Crippen LogP contribution in [0.25, 0.3) is 0 Å². The van der Waals surface area contributed by atoms with E-state index in [2.05, 4.69) is 27.6 Å². The minimum absolute atomic E-state index is 0.487. The molecule has 0 atom stereocenters. The summed E-state index contributed by atoms with van der Waals surface area (Å²) in [5, 5.41) is 7.22. The summed E-state index contributed by atoms with van der Waals surface area (Å²) in [7, 11) is 0. The lowest BCUT2D eigenvalue weighted by Gasteiger charge is -2.22. The van der Waals surface area contributed by atoms with Crippen molar-refractivity contribution in [3.63, 3.8) is 0 Å². The lowest BCUT2D eigenvalue weighted by molar-refractivity contribution is -0.149. The van der Waals surface area contributed by atoms with Gasteiger partial charge in [-0.1, -0.05) is 35.8 Å². The van der Waals surface area contributed by atoms with Gasteiger partial charge in [-0.2, -0.15) is 4.98 Å². The molecule has 1 aliphatic heterocycles. The van der Waals surface area contributed by atoms with Gasteiger partial charge in [-0.05, 0) is 25.3 Å². The highest BCUT2D eigenvalue weighted by molar-refractivity contribution is 5.29. The van der Waals surface area contributed by atoms with Crippen molar-refractivity contribution in [3.05, 3.63) is 41.2 Å². The first kappa shape index (κ1) is 14.7. The summed E-state index contributed by atoms with van der Waals surface area (Å²) < 4.78 is 16.6. The van der Waals surface area contributed by atoms with E-state index in [-0.39, 0.29) is 0 Å². The van der Waals surface area contributed by atoms with Crippen LogP contribution in [-0.4, -0.2) is 23.4 Å². The smallest absolute Gasteiger partial charge is 0.321 e. The van der Waals surface area contributed by atoms with Crippen molar-refractivity contribution in [1.29, 1.82) is 0 Å². The van der Waals surface area contributed by atoms with Crippen molar-refractivity contribution in [1.82, 2.24) is 10.1 Å². The number of hydrogen-bond donors (Lipinski definition) is 1. The van der Waals surface area contributed by atoms with Gasteiger partial charge in [0.05, 0.1) is 13.2 Å². The minimum Gasteiger partial charge on any atom is -0.344 e. The number of ether oxygens (including phenoxy) is 2. The highest BCUT2D eigenvalue weighted by Crippen LogP contribution is 2.35. The van der Waals surface area contributed by atoms with Gasteiger partial charge in [0.15, 0.2) is 11.6 Å². The van der Waals surface area contributed by atoms with E-state index < -0.39 is 5.79 Å². The largest absolute Gasteiger partial charge is 0.344 e. The lowest BCUT2D eigenvalue weighted by Crippen LogP contribution is -2.22. The number of hydrogen-bond acceptors (Lipinski definition) is 6. The Morgan fingerprint density at radius 2 is 1.91 bits per heavy atom. The summed E-state index contributed by atoms with van der Waals surface area (Å²) in [5.41, 5.74) is 2.17. The molecule has 0 unspecified atom stereocenters. The number of benzene rings is 1. The van der Waals surface area contributed by atoms with E-state index in [0.29, 0.717) is 31.7 Å². The maximum atomic E-state index is 5.67. The van der Waals surface area contributed by atoms with Gasteiger partial charge in [0, 0.05) is 18.0 Å². The number of nitrogens with zero attached hydrogens (tertiary/aromatic N) is 2. The van der Waals surface area contributed by atoms with Crippen LogP contribution in [0.5, 0.6) is 0 Å². The molecule has 1 aliphatic carbocycles. The van der Waals surface area contributed by atoms with Crippen molar-refractivity contribution < 1.29 is 14.0 Å². The summed E-state index contributed by atoms with van der Waals surface area (Å²) in [4.78, 5) is 4.41. The summed E-state index contributed by atoms with van der Waals surface area (Å²) in [6.45, 7) is 3.87. The quantitative estimate of drug-likeness (QED) is 0.914. The maximum absolute atomic E-state index is 5.67.